The number of benzene rings is 2. The number of hydrogen-bond acceptors (Lipinski definition) is 4. The van der Waals surface area contributed by atoms with Crippen molar-refractivity contribution >= 4 is 33.0 Å². The fraction of sp³-hybridized carbons (Fsp3) is 0.235. The van der Waals surface area contributed by atoms with Gasteiger partial charge in [0.2, 0.25) is 5.91 Å². The lowest BCUT2D eigenvalue weighted by molar-refractivity contribution is -0.115. The van der Waals surface area contributed by atoms with Gasteiger partial charge in [-0.05, 0) is 53.9 Å². The highest BCUT2D eigenvalue weighted by atomic mass is 32.2. The van der Waals surface area contributed by atoms with Crippen LogP contribution in [0.5, 0.6) is 0 Å². The van der Waals surface area contributed by atoms with Crippen LogP contribution in [0.4, 0.5) is 17.1 Å². The number of rotatable bonds is 3. The molecule has 0 saturated heterocycles. The first-order valence-corrected chi connectivity index (χ1v) is 9.20. The maximum absolute atomic E-state index is 12.6. The van der Waals surface area contributed by atoms with Crippen LogP contribution in [-0.4, -0.2) is 27.9 Å². The molecule has 2 aliphatic heterocycles. The van der Waals surface area contributed by atoms with Gasteiger partial charge in [0, 0.05) is 30.7 Å². The van der Waals surface area contributed by atoms with Gasteiger partial charge < -0.3 is 10.2 Å². The quantitative estimate of drug-likeness (QED) is 0.893. The van der Waals surface area contributed by atoms with Crippen molar-refractivity contribution < 1.29 is 13.2 Å². The molecular weight excluding hydrogens is 326 g/mol. The SMILES string of the molecule is CN1CCc2cc(NS(=O)(=O)c3ccc4c(c3)CC(=O)N4)ccc21. The average Bonchev–Trinajstić information content (AvgIpc) is 3.08. The molecule has 0 saturated carbocycles. The molecule has 0 bridgehead atoms. The van der Waals surface area contributed by atoms with Crippen LogP contribution in [0.3, 0.4) is 0 Å². The summed E-state index contributed by atoms with van der Waals surface area (Å²) in [7, 11) is -1.66. The van der Waals surface area contributed by atoms with Gasteiger partial charge >= 0.3 is 0 Å². The molecule has 124 valence electrons. The Morgan fingerprint density at radius 2 is 1.96 bits per heavy atom. The molecule has 24 heavy (non-hydrogen) atoms. The minimum Gasteiger partial charge on any atom is -0.374 e. The number of nitrogens with one attached hydrogen (secondary N) is 2. The topological polar surface area (TPSA) is 78.5 Å². The van der Waals surface area contributed by atoms with Crippen LogP contribution >= 0.6 is 0 Å². The Balaban J connectivity index is 1.62. The number of likely N-dealkylation sites (N-methyl/N-ethyl adjacent to an activating group) is 1. The fourth-order valence-electron chi connectivity index (χ4n) is 3.22. The van der Waals surface area contributed by atoms with E-state index in [1.54, 1.807) is 18.2 Å². The van der Waals surface area contributed by atoms with Gasteiger partial charge in [-0.3, -0.25) is 9.52 Å². The van der Waals surface area contributed by atoms with Crippen molar-refractivity contribution in [1.29, 1.82) is 0 Å². The van der Waals surface area contributed by atoms with E-state index in [4.69, 9.17) is 0 Å². The molecular formula is C17H17N3O3S. The lowest BCUT2D eigenvalue weighted by Gasteiger charge is -2.13. The molecule has 1 amide bonds. The zero-order valence-electron chi connectivity index (χ0n) is 13.2. The molecule has 4 rings (SSSR count). The lowest BCUT2D eigenvalue weighted by atomic mass is 10.1. The summed E-state index contributed by atoms with van der Waals surface area (Å²) in [5.74, 6) is -0.116. The lowest BCUT2D eigenvalue weighted by Crippen LogP contribution is -2.14. The molecule has 2 aliphatic rings. The predicted molar refractivity (Wildman–Crippen MR) is 93.0 cm³/mol. The monoisotopic (exact) mass is 343 g/mol. The average molecular weight is 343 g/mol. The molecule has 0 spiro atoms. The van der Waals surface area contributed by atoms with Crippen LogP contribution in [0.1, 0.15) is 11.1 Å². The summed E-state index contributed by atoms with van der Waals surface area (Å²) < 4.78 is 27.9. The van der Waals surface area contributed by atoms with Crippen molar-refractivity contribution in [2.24, 2.45) is 0 Å². The predicted octanol–water partition coefficient (Wildman–Crippen LogP) is 1.97. The van der Waals surface area contributed by atoms with E-state index in [1.807, 2.05) is 19.2 Å². The van der Waals surface area contributed by atoms with Crippen LogP contribution in [-0.2, 0) is 27.7 Å². The minimum absolute atomic E-state index is 0.116. The zero-order valence-corrected chi connectivity index (χ0v) is 14.0. The van der Waals surface area contributed by atoms with Crippen LogP contribution in [0.2, 0.25) is 0 Å². The number of hydrogen-bond donors (Lipinski definition) is 2. The normalized spacial score (nSPS) is 15.9. The van der Waals surface area contributed by atoms with Gasteiger partial charge in [0.05, 0.1) is 11.3 Å². The Morgan fingerprint density at radius 1 is 1.12 bits per heavy atom. The van der Waals surface area contributed by atoms with Crippen molar-refractivity contribution in [3.8, 4) is 0 Å². The second kappa shape index (κ2) is 5.24. The van der Waals surface area contributed by atoms with Gasteiger partial charge in [-0.25, -0.2) is 8.42 Å². The Hall–Kier alpha value is -2.54. The molecule has 7 heteroatoms. The third-order valence-electron chi connectivity index (χ3n) is 4.47. The van der Waals surface area contributed by atoms with Gasteiger partial charge in [-0.15, -0.1) is 0 Å². The summed E-state index contributed by atoms with van der Waals surface area (Å²) in [5, 5.41) is 2.70. The van der Waals surface area contributed by atoms with E-state index in [1.165, 1.54) is 6.07 Å². The van der Waals surface area contributed by atoms with Crippen molar-refractivity contribution in [2.45, 2.75) is 17.7 Å². The van der Waals surface area contributed by atoms with E-state index in [9.17, 15) is 13.2 Å². The standard InChI is InChI=1S/C17H17N3O3S/c1-20-7-6-11-8-13(2-5-16(11)20)19-24(22,23)14-3-4-15-12(9-14)10-17(21)18-15/h2-5,8-9,19H,6-7,10H2,1H3,(H,18,21). The zero-order chi connectivity index (χ0) is 16.9. The molecule has 2 N–H and O–H groups in total. The van der Waals surface area contributed by atoms with Gasteiger partial charge in [0.25, 0.3) is 10.0 Å². The largest absolute Gasteiger partial charge is 0.374 e. The second-order valence-electron chi connectivity index (χ2n) is 6.16. The third kappa shape index (κ3) is 2.50. The maximum Gasteiger partial charge on any atom is 0.261 e. The number of sulfonamides is 1. The second-order valence-corrected chi connectivity index (χ2v) is 7.85. The molecule has 0 atom stereocenters. The maximum atomic E-state index is 12.6. The highest BCUT2D eigenvalue weighted by Crippen LogP contribution is 2.31. The molecule has 6 nitrogen and oxygen atoms in total. The summed E-state index contributed by atoms with van der Waals surface area (Å²) in [6, 6.07) is 10.3. The van der Waals surface area contributed by atoms with E-state index in [-0.39, 0.29) is 17.2 Å². The molecule has 0 unspecified atom stereocenters. The third-order valence-corrected chi connectivity index (χ3v) is 5.85. The van der Waals surface area contributed by atoms with Gasteiger partial charge in [0.1, 0.15) is 0 Å². The summed E-state index contributed by atoms with van der Waals surface area (Å²) in [6.45, 7) is 0.942. The summed E-state index contributed by atoms with van der Waals surface area (Å²) in [4.78, 5) is 13.7. The summed E-state index contributed by atoms with van der Waals surface area (Å²) in [6.07, 6.45) is 1.12. The fourth-order valence-corrected chi connectivity index (χ4v) is 4.32. The summed E-state index contributed by atoms with van der Waals surface area (Å²) in [5.41, 5.74) is 4.22. The minimum atomic E-state index is -3.69. The van der Waals surface area contributed by atoms with Gasteiger partial charge in [-0.2, -0.15) is 0 Å². The van der Waals surface area contributed by atoms with Gasteiger partial charge in [-0.1, -0.05) is 0 Å². The van der Waals surface area contributed by atoms with Crippen molar-refractivity contribution in [3.05, 3.63) is 47.5 Å². The van der Waals surface area contributed by atoms with E-state index < -0.39 is 10.0 Å². The summed E-state index contributed by atoms with van der Waals surface area (Å²) >= 11 is 0. The van der Waals surface area contributed by atoms with Crippen molar-refractivity contribution in [1.82, 2.24) is 0 Å². The number of anilines is 3. The van der Waals surface area contributed by atoms with Crippen LogP contribution in [0.15, 0.2) is 41.3 Å². The molecule has 2 aromatic rings. The molecule has 0 radical (unpaired) electrons. The number of carbonyl (C=O) groups is 1. The highest BCUT2D eigenvalue weighted by molar-refractivity contribution is 7.92. The number of nitrogens with zero attached hydrogens (tertiary/aromatic N) is 1. The first-order valence-electron chi connectivity index (χ1n) is 7.72. The first kappa shape index (κ1) is 15.0. The molecule has 0 aromatic heterocycles. The van der Waals surface area contributed by atoms with Crippen LogP contribution in [0, 0.1) is 0 Å². The number of carbonyl (C=O) groups excluding carboxylic acids is 1. The van der Waals surface area contributed by atoms with Gasteiger partial charge in [0.15, 0.2) is 0 Å². The van der Waals surface area contributed by atoms with E-state index in [2.05, 4.69) is 14.9 Å². The molecule has 2 heterocycles. The Labute approximate surface area is 140 Å². The number of fused-ring (bicyclic) bond motifs is 2. The Morgan fingerprint density at radius 3 is 2.79 bits per heavy atom. The van der Waals surface area contributed by atoms with Crippen molar-refractivity contribution in [2.75, 3.05) is 28.5 Å². The molecule has 2 aromatic carbocycles. The first-order chi connectivity index (χ1) is 11.4. The number of amides is 1. The Bertz CT molecular complexity index is 954. The van der Waals surface area contributed by atoms with E-state index >= 15 is 0 Å². The van der Waals surface area contributed by atoms with Crippen LogP contribution in [0.25, 0.3) is 0 Å². The molecule has 0 fully saturated rings. The highest BCUT2D eigenvalue weighted by Gasteiger charge is 2.23. The smallest absolute Gasteiger partial charge is 0.261 e. The van der Waals surface area contributed by atoms with E-state index in [0.717, 1.165) is 24.2 Å². The van der Waals surface area contributed by atoms with Crippen molar-refractivity contribution in [3.63, 3.8) is 0 Å². The Kier molecular flexibility index (Phi) is 3.28. The van der Waals surface area contributed by atoms with Crippen LogP contribution < -0.4 is 14.9 Å². The van der Waals surface area contributed by atoms with E-state index in [0.29, 0.717) is 16.9 Å². The molecule has 0 aliphatic carbocycles.